The molecule has 318 valence electrons. The third-order valence-corrected chi connectivity index (χ3v) is 10.9. The van der Waals surface area contributed by atoms with Crippen LogP contribution >= 0.6 is 0 Å². The van der Waals surface area contributed by atoms with E-state index in [1.54, 1.807) is 56.4 Å². The molecule has 0 bridgehead atoms. The molecule has 0 spiro atoms. The summed E-state index contributed by atoms with van der Waals surface area (Å²) in [5.41, 5.74) is -5.23. The zero-order chi connectivity index (χ0) is 59.4. The van der Waals surface area contributed by atoms with E-state index in [4.69, 9.17) is 34.6 Å². The van der Waals surface area contributed by atoms with Gasteiger partial charge in [0.25, 0.3) is 0 Å². The Morgan fingerprint density at radius 3 is 1.95 bits per heavy atom. The van der Waals surface area contributed by atoms with Crippen LogP contribution < -0.4 is 0 Å². The first-order valence-corrected chi connectivity index (χ1v) is 19.9. The number of hydrogen-bond acceptors (Lipinski definition) is 3. The zero-order valence-corrected chi connectivity index (χ0v) is 37.2. The van der Waals surface area contributed by atoms with Gasteiger partial charge < -0.3 is 5.11 Å². The van der Waals surface area contributed by atoms with Crippen LogP contribution in [0.15, 0.2) is 140 Å². The second-order valence-corrected chi connectivity index (χ2v) is 16.7. The summed E-state index contributed by atoms with van der Waals surface area (Å²) in [5.74, 6) is -3.20. The second-order valence-electron chi connectivity index (χ2n) is 16.7. The van der Waals surface area contributed by atoms with E-state index in [0.29, 0.717) is 39.6 Å². The SMILES string of the molecule is [2H]C(C)(C)c1cc(-n2c(-c3cc(C(C([2H])([2H])[2H])(C([2H])([2H])[2H])C([2H])([2H])[2H])cc(C(C([2H])([2H])[2H])(C([2H])([2H])[2H])C([2H])([2H])[2H])c3O)nc3c(-c4[c-]c(-c5cc(-c6ccccc6)ccn5)cc(C(C)(C)C)c4)cccc32)ccc1-c1ccccc1.[Pt]. The zero-order valence-electron chi connectivity index (χ0n) is 53.9. The number of hydrogen-bond donors (Lipinski definition) is 1. The number of phenolic OH excluding ortho intramolecular Hbond substituents is 1. The van der Waals surface area contributed by atoms with E-state index >= 15 is 0 Å². The van der Waals surface area contributed by atoms with Gasteiger partial charge in [-0.05, 0) is 85.9 Å². The van der Waals surface area contributed by atoms with E-state index < -0.39 is 91.5 Å². The predicted molar refractivity (Wildman–Crippen MR) is 257 cm³/mol. The van der Waals surface area contributed by atoms with E-state index in [-0.39, 0.29) is 43.9 Å². The van der Waals surface area contributed by atoms with Gasteiger partial charge in [0.1, 0.15) is 11.6 Å². The van der Waals surface area contributed by atoms with E-state index in [9.17, 15) is 6.48 Å². The molecule has 8 rings (SSSR count). The maximum absolute atomic E-state index is 13.0. The van der Waals surface area contributed by atoms with E-state index in [0.717, 1.165) is 22.3 Å². The molecule has 0 fully saturated rings. The predicted octanol–water partition coefficient (Wildman–Crippen LogP) is 15.3. The molecule has 1 N–H and O–H groups in total. The van der Waals surface area contributed by atoms with E-state index in [1.165, 1.54) is 4.57 Å². The number of fused-ring (bicyclic) bond motifs is 1. The molecule has 0 atom stereocenters. The number of nitrogens with zero attached hydrogens (tertiary/aromatic N) is 3. The molecule has 2 aromatic heterocycles. The van der Waals surface area contributed by atoms with Crippen LogP contribution in [0.1, 0.15) is 130 Å². The minimum atomic E-state index is -4.15. The fraction of sp³-hybridized carbons (Fsp3) is 0.263. The molecule has 0 unspecified atom stereocenters. The van der Waals surface area contributed by atoms with Crippen LogP contribution in [-0.4, -0.2) is 19.6 Å². The quantitative estimate of drug-likeness (QED) is 0.162. The largest absolute Gasteiger partial charge is 0.507 e. The minimum Gasteiger partial charge on any atom is -0.507 e. The summed E-state index contributed by atoms with van der Waals surface area (Å²) in [5, 5.41) is 13.0. The second kappa shape index (κ2) is 16.9. The van der Waals surface area contributed by atoms with E-state index in [2.05, 4.69) is 6.07 Å². The number of phenols is 1. The summed E-state index contributed by atoms with van der Waals surface area (Å²) in [4.78, 5) is 9.86. The maximum Gasteiger partial charge on any atom is 0.148 e. The Kier molecular flexibility index (Phi) is 7.15. The van der Waals surface area contributed by atoms with Crippen LogP contribution in [0.2, 0.25) is 0 Å². The van der Waals surface area contributed by atoms with E-state index in [1.807, 2.05) is 106 Å². The topological polar surface area (TPSA) is 50.9 Å². The first kappa shape index (κ1) is 26.1. The third-order valence-electron chi connectivity index (χ3n) is 10.9. The fourth-order valence-electron chi connectivity index (χ4n) is 7.69. The van der Waals surface area contributed by atoms with Gasteiger partial charge in [0, 0.05) is 70.3 Å². The molecular weight excluding hydrogens is 938 g/mol. The van der Waals surface area contributed by atoms with Gasteiger partial charge >= 0.3 is 0 Å². The molecule has 8 aromatic rings. The first-order chi connectivity index (χ1) is 36.7. The van der Waals surface area contributed by atoms with Crippen molar-refractivity contribution < 1.29 is 52.2 Å². The van der Waals surface area contributed by atoms with Crippen molar-refractivity contribution in [2.75, 3.05) is 0 Å². The maximum atomic E-state index is 13.0. The Balaban J connectivity index is 0.00000946. The standard InChI is InChI=1S/C57H58N3O.Pt/c1-36(2)47-35-44(25-26-45(47)38-21-16-13-17-22-38)60-51-24-18-23-46(52(51)59-54(60)48-33-43(56(6,7)8)34-49(53(48)61)57(9,10)11)40-29-41(31-42(30-40)55(3,4)5)50-32-39(27-28-58-50)37-19-14-12-15-20-37;/h12-28,30-36,61H,1-11H3;/q-1;/i6D3,7D3,8D3,9D3,10D3,11D3,36D;. The molecule has 62 heavy (non-hydrogen) atoms. The number of benzene rings is 6. The minimum absolute atomic E-state index is 0. The summed E-state index contributed by atoms with van der Waals surface area (Å²) in [6.07, 6.45) is 1.69. The molecule has 0 radical (unpaired) electrons. The van der Waals surface area contributed by atoms with Gasteiger partial charge in [-0.1, -0.05) is 178 Å². The summed E-state index contributed by atoms with van der Waals surface area (Å²) < 4.78 is 168. The summed E-state index contributed by atoms with van der Waals surface area (Å²) >= 11 is 0. The molecule has 0 saturated heterocycles. The van der Waals surface area contributed by atoms with Gasteiger partial charge in [-0.25, -0.2) is 4.98 Å². The van der Waals surface area contributed by atoms with Crippen molar-refractivity contribution in [1.82, 2.24) is 14.5 Å². The molecular formula is C57H58N3OPt-. The van der Waals surface area contributed by atoms with Crippen molar-refractivity contribution in [1.29, 1.82) is 0 Å². The normalized spacial score (nSPS) is 18.1. The molecule has 6 aromatic carbocycles. The number of para-hydroxylation sites is 1. The van der Waals surface area contributed by atoms with Crippen molar-refractivity contribution in [2.24, 2.45) is 0 Å². The first-order valence-electron chi connectivity index (χ1n) is 29.4. The van der Waals surface area contributed by atoms with Crippen molar-refractivity contribution in [3.8, 4) is 67.5 Å². The van der Waals surface area contributed by atoms with Crippen molar-refractivity contribution in [3.63, 3.8) is 0 Å². The summed E-state index contributed by atoms with van der Waals surface area (Å²) in [6, 6.07) is 41.1. The Hall–Kier alpha value is -5.57. The Morgan fingerprint density at radius 1 is 0.629 bits per heavy atom. The van der Waals surface area contributed by atoms with Gasteiger partial charge in [-0.3, -0.25) is 9.55 Å². The number of pyridine rings is 1. The van der Waals surface area contributed by atoms with Crippen molar-refractivity contribution >= 4 is 11.0 Å². The van der Waals surface area contributed by atoms with Gasteiger partial charge in [-0.2, -0.15) is 0 Å². The van der Waals surface area contributed by atoms with Crippen LogP contribution in [0.5, 0.6) is 5.75 Å². The van der Waals surface area contributed by atoms with Crippen LogP contribution in [0.3, 0.4) is 0 Å². The number of aromatic nitrogens is 3. The van der Waals surface area contributed by atoms with Crippen molar-refractivity contribution in [3.05, 3.63) is 168 Å². The number of aromatic hydroxyl groups is 1. The molecule has 2 heterocycles. The molecule has 4 nitrogen and oxygen atoms in total. The summed E-state index contributed by atoms with van der Waals surface area (Å²) in [7, 11) is 0. The third kappa shape index (κ3) is 8.73. The van der Waals surface area contributed by atoms with Crippen LogP contribution in [0.4, 0.5) is 0 Å². The van der Waals surface area contributed by atoms with Crippen LogP contribution in [0.25, 0.3) is 72.7 Å². The van der Waals surface area contributed by atoms with Crippen LogP contribution in [0, 0.1) is 6.07 Å². The Bertz CT molecular complexity index is 3550. The number of imidazole rings is 1. The Morgan fingerprint density at radius 2 is 1.29 bits per heavy atom. The molecule has 0 aliphatic carbocycles. The number of rotatable bonds is 7. The Labute approximate surface area is 410 Å². The van der Waals surface area contributed by atoms with Crippen LogP contribution in [-0.2, 0) is 37.3 Å². The monoisotopic (exact) mass is 1010 g/mol. The molecule has 0 amide bonds. The molecule has 5 heteroatoms. The average Bonchev–Trinajstić information content (AvgIpc) is 3.80. The van der Waals surface area contributed by atoms with Gasteiger partial charge in [-0.15, -0.1) is 29.3 Å². The fourth-order valence-corrected chi connectivity index (χ4v) is 7.69. The van der Waals surface area contributed by atoms with Gasteiger partial charge in [0.05, 0.1) is 16.6 Å². The average molecular weight is 1020 g/mol. The molecule has 0 saturated carbocycles. The molecule has 0 aliphatic heterocycles. The summed E-state index contributed by atoms with van der Waals surface area (Å²) in [6.45, 7) is -15.3. The smallest absolute Gasteiger partial charge is 0.148 e. The van der Waals surface area contributed by atoms with Gasteiger partial charge in [0.15, 0.2) is 0 Å². The van der Waals surface area contributed by atoms with Crippen molar-refractivity contribution in [2.45, 2.75) is 97.9 Å². The van der Waals surface area contributed by atoms with Gasteiger partial charge in [0.2, 0.25) is 0 Å². The molecule has 0 aliphatic rings.